The number of amides is 1. The molecule has 158 valence electrons. The van der Waals surface area contributed by atoms with Crippen LogP contribution in [0.4, 0.5) is 17.1 Å². The van der Waals surface area contributed by atoms with Crippen molar-refractivity contribution < 1.29 is 9.72 Å². The number of halogens is 1. The van der Waals surface area contributed by atoms with E-state index in [4.69, 9.17) is 11.6 Å². The summed E-state index contributed by atoms with van der Waals surface area (Å²) in [5.41, 5.74) is 1.41. The van der Waals surface area contributed by atoms with Crippen LogP contribution in [0.25, 0.3) is 0 Å². The summed E-state index contributed by atoms with van der Waals surface area (Å²) in [5, 5.41) is 13.2. The highest BCUT2D eigenvalue weighted by Crippen LogP contribution is 2.46. The van der Waals surface area contributed by atoms with Crippen LogP contribution in [0.5, 0.6) is 0 Å². The molecule has 0 aliphatic carbocycles. The van der Waals surface area contributed by atoms with Crippen LogP contribution in [0.15, 0.2) is 74.4 Å². The molecule has 1 fully saturated rings. The molecule has 31 heavy (non-hydrogen) atoms. The number of likely N-dealkylation sites (N-methyl/N-ethyl adjacent to an activating group) is 1. The molecule has 0 saturated carbocycles. The van der Waals surface area contributed by atoms with Gasteiger partial charge in [-0.3, -0.25) is 19.8 Å². The number of thioether (sulfide) groups is 2. The highest BCUT2D eigenvalue weighted by atomic mass is 35.5. The van der Waals surface area contributed by atoms with Gasteiger partial charge in [-0.15, -0.1) is 0 Å². The topological polar surface area (TPSA) is 79.0 Å². The van der Waals surface area contributed by atoms with E-state index in [0.29, 0.717) is 27.3 Å². The lowest BCUT2D eigenvalue weighted by Crippen LogP contribution is -2.28. The number of allylic oxidation sites excluding steroid dienone is 2. The summed E-state index contributed by atoms with van der Waals surface area (Å²) in [7, 11) is 1.96. The third kappa shape index (κ3) is 4.34. The van der Waals surface area contributed by atoms with E-state index in [1.165, 1.54) is 23.9 Å². The van der Waals surface area contributed by atoms with Gasteiger partial charge in [-0.05, 0) is 55.1 Å². The van der Waals surface area contributed by atoms with Crippen LogP contribution >= 0.6 is 35.1 Å². The SMILES string of the molecule is CCN1C(=O)C(=CC=C2Sc3ccc(Cl)cc3N2C)SC1=Nc1cccc([N+](=O)[O-])c1. The number of nitrogens with zero attached hydrogens (tertiary/aromatic N) is 4. The molecule has 0 N–H and O–H groups in total. The molecular formula is C21H17ClN4O3S2. The molecule has 10 heteroatoms. The Morgan fingerprint density at radius 1 is 1.19 bits per heavy atom. The Hall–Kier alpha value is -2.75. The molecule has 1 amide bonds. The molecule has 2 aliphatic rings. The fraction of sp³-hybridized carbons (Fsp3) is 0.143. The first-order valence-corrected chi connectivity index (χ1v) is 11.3. The van der Waals surface area contributed by atoms with Crippen molar-refractivity contribution in [3.8, 4) is 0 Å². The van der Waals surface area contributed by atoms with Crippen LogP contribution in [0.1, 0.15) is 6.92 Å². The predicted molar refractivity (Wildman–Crippen MR) is 127 cm³/mol. The van der Waals surface area contributed by atoms with Crippen LogP contribution in [0.2, 0.25) is 5.02 Å². The van der Waals surface area contributed by atoms with Crippen molar-refractivity contribution in [3.05, 3.63) is 79.7 Å². The molecule has 0 spiro atoms. The minimum Gasteiger partial charge on any atom is -0.338 e. The Morgan fingerprint density at radius 2 is 2.00 bits per heavy atom. The summed E-state index contributed by atoms with van der Waals surface area (Å²) < 4.78 is 0. The summed E-state index contributed by atoms with van der Waals surface area (Å²) in [6.45, 7) is 2.32. The lowest BCUT2D eigenvalue weighted by atomic mass is 10.3. The van der Waals surface area contributed by atoms with Crippen molar-refractivity contribution in [2.75, 3.05) is 18.5 Å². The molecule has 1 saturated heterocycles. The molecular weight excluding hydrogens is 456 g/mol. The molecule has 2 aromatic carbocycles. The Bertz CT molecular complexity index is 1180. The van der Waals surface area contributed by atoms with E-state index < -0.39 is 4.92 Å². The summed E-state index contributed by atoms with van der Waals surface area (Å²) in [4.78, 5) is 33.1. The van der Waals surface area contributed by atoms with Gasteiger partial charge >= 0.3 is 0 Å². The zero-order valence-corrected chi connectivity index (χ0v) is 19.0. The quantitative estimate of drug-likeness (QED) is 0.318. The maximum Gasteiger partial charge on any atom is 0.271 e. The van der Waals surface area contributed by atoms with E-state index >= 15 is 0 Å². The fourth-order valence-electron chi connectivity index (χ4n) is 3.10. The number of aliphatic imine (C=N–C) groups is 1. The van der Waals surface area contributed by atoms with Crippen LogP contribution in [-0.2, 0) is 4.79 Å². The van der Waals surface area contributed by atoms with E-state index in [1.54, 1.807) is 34.9 Å². The number of hydrogen-bond donors (Lipinski definition) is 0. The lowest BCUT2D eigenvalue weighted by Gasteiger charge is -2.13. The van der Waals surface area contributed by atoms with Gasteiger partial charge in [0.1, 0.15) is 0 Å². The number of rotatable bonds is 4. The summed E-state index contributed by atoms with van der Waals surface area (Å²) in [6, 6.07) is 11.8. The molecule has 2 heterocycles. The molecule has 4 rings (SSSR count). The van der Waals surface area contributed by atoms with E-state index in [1.807, 2.05) is 43.1 Å². The first kappa shape index (κ1) is 21.5. The minimum absolute atomic E-state index is 0.0410. The maximum atomic E-state index is 12.8. The third-order valence-electron chi connectivity index (χ3n) is 4.67. The molecule has 7 nitrogen and oxygen atoms in total. The number of hydrogen-bond acceptors (Lipinski definition) is 7. The number of anilines is 1. The van der Waals surface area contributed by atoms with Crippen LogP contribution < -0.4 is 4.90 Å². The van der Waals surface area contributed by atoms with Gasteiger partial charge in [0.15, 0.2) is 5.17 Å². The normalized spacial score (nSPS) is 19.7. The Balaban J connectivity index is 1.60. The van der Waals surface area contributed by atoms with Crippen molar-refractivity contribution in [1.82, 2.24) is 4.90 Å². The second-order valence-corrected chi connectivity index (χ2v) is 9.14. The number of nitro groups is 1. The van der Waals surface area contributed by atoms with Gasteiger partial charge in [-0.25, -0.2) is 4.99 Å². The third-order valence-corrected chi connectivity index (χ3v) is 7.12. The first-order chi connectivity index (χ1) is 14.9. The standard InChI is InChI=1S/C21H17ClN4O3S2/c1-3-25-20(27)18(31-21(25)23-14-5-4-6-15(12-14)26(28)29)9-10-19-24(2)16-11-13(22)7-8-17(16)30-19/h4-12H,3H2,1-2H3. The molecule has 0 atom stereocenters. The first-order valence-electron chi connectivity index (χ1n) is 9.33. The molecule has 0 bridgehead atoms. The largest absolute Gasteiger partial charge is 0.338 e. The number of benzene rings is 2. The van der Waals surface area contributed by atoms with Crippen molar-refractivity contribution in [2.45, 2.75) is 11.8 Å². The van der Waals surface area contributed by atoms with E-state index in [9.17, 15) is 14.9 Å². The predicted octanol–water partition coefficient (Wildman–Crippen LogP) is 5.80. The molecule has 2 aromatic rings. The number of fused-ring (bicyclic) bond motifs is 1. The number of non-ortho nitro benzene ring substituents is 1. The molecule has 0 radical (unpaired) electrons. The van der Waals surface area contributed by atoms with Crippen LogP contribution in [-0.4, -0.2) is 34.5 Å². The fourth-order valence-corrected chi connectivity index (χ4v) is 5.31. The van der Waals surface area contributed by atoms with E-state index in [0.717, 1.165) is 15.6 Å². The van der Waals surface area contributed by atoms with Crippen molar-refractivity contribution in [2.24, 2.45) is 4.99 Å². The average molecular weight is 473 g/mol. The van der Waals surface area contributed by atoms with Gasteiger partial charge in [0.25, 0.3) is 11.6 Å². The monoisotopic (exact) mass is 472 g/mol. The number of nitro benzene ring substituents is 1. The second kappa shape index (κ2) is 8.78. The van der Waals surface area contributed by atoms with Gasteiger partial charge in [0, 0.05) is 35.6 Å². The van der Waals surface area contributed by atoms with Gasteiger partial charge in [0.2, 0.25) is 0 Å². The van der Waals surface area contributed by atoms with Crippen molar-refractivity contribution in [3.63, 3.8) is 0 Å². The number of amidine groups is 1. The Kier molecular flexibility index (Phi) is 6.08. The second-order valence-electron chi connectivity index (χ2n) is 6.63. The highest BCUT2D eigenvalue weighted by Gasteiger charge is 2.32. The lowest BCUT2D eigenvalue weighted by molar-refractivity contribution is -0.384. The van der Waals surface area contributed by atoms with Crippen LogP contribution in [0.3, 0.4) is 0 Å². The summed E-state index contributed by atoms with van der Waals surface area (Å²) in [5.74, 6) is -0.139. The zero-order valence-electron chi connectivity index (χ0n) is 16.6. The molecule has 0 unspecified atom stereocenters. The van der Waals surface area contributed by atoms with Gasteiger partial charge in [-0.1, -0.05) is 29.4 Å². The Labute approximate surface area is 192 Å². The highest BCUT2D eigenvalue weighted by molar-refractivity contribution is 8.18. The van der Waals surface area contributed by atoms with Crippen molar-refractivity contribution >= 4 is 63.3 Å². The summed E-state index contributed by atoms with van der Waals surface area (Å²) >= 11 is 8.97. The van der Waals surface area contributed by atoms with Gasteiger partial charge in [0.05, 0.1) is 26.2 Å². The smallest absolute Gasteiger partial charge is 0.271 e. The minimum atomic E-state index is -0.466. The zero-order chi connectivity index (χ0) is 22.1. The van der Waals surface area contributed by atoms with Crippen LogP contribution in [0, 0.1) is 10.1 Å². The number of carbonyl (C=O) groups is 1. The van der Waals surface area contributed by atoms with Crippen molar-refractivity contribution in [1.29, 1.82) is 0 Å². The number of carbonyl (C=O) groups excluding carboxylic acids is 1. The van der Waals surface area contributed by atoms with Gasteiger partial charge in [-0.2, -0.15) is 0 Å². The summed E-state index contributed by atoms with van der Waals surface area (Å²) in [6.07, 6.45) is 3.70. The molecule has 2 aliphatic heterocycles. The van der Waals surface area contributed by atoms with Gasteiger partial charge < -0.3 is 4.90 Å². The average Bonchev–Trinajstić information content (AvgIpc) is 3.22. The van der Waals surface area contributed by atoms with E-state index in [2.05, 4.69) is 4.99 Å². The Morgan fingerprint density at radius 3 is 2.74 bits per heavy atom. The maximum absolute atomic E-state index is 12.8. The molecule has 0 aromatic heterocycles. The van der Waals surface area contributed by atoms with E-state index in [-0.39, 0.29) is 11.6 Å².